The number of fused-ring (bicyclic) bond motifs is 4. The van der Waals surface area contributed by atoms with Gasteiger partial charge in [-0.2, -0.15) is 0 Å². The Kier molecular flexibility index (Phi) is 24.2. The molecule has 0 fully saturated rings. The van der Waals surface area contributed by atoms with E-state index in [-0.39, 0.29) is 31.8 Å². The highest BCUT2D eigenvalue weighted by Crippen LogP contribution is 2.28. The molecule has 480 valence electrons. The van der Waals surface area contributed by atoms with Gasteiger partial charge >= 0.3 is 24.4 Å². The van der Waals surface area contributed by atoms with Crippen molar-refractivity contribution in [2.75, 3.05) is 26.2 Å². The lowest BCUT2D eigenvalue weighted by Gasteiger charge is -2.32. The van der Waals surface area contributed by atoms with Crippen LogP contribution in [0.3, 0.4) is 0 Å². The summed E-state index contributed by atoms with van der Waals surface area (Å²) >= 11 is 3.25. The highest BCUT2D eigenvalue weighted by molar-refractivity contribution is 9.10. The number of nitrogens with zero attached hydrogens (tertiary/aromatic N) is 11. The smallest absolute Gasteiger partial charge is 0.410 e. The van der Waals surface area contributed by atoms with E-state index in [0.717, 1.165) is 70.8 Å². The van der Waals surface area contributed by atoms with E-state index in [4.69, 9.17) is 18.9 Å². The number of halogens is 1. The topological polar surface area (TPSA) is 214 Å². The molecule has 0 radical (unpaired) electrons. The molecule has 89 heavy (non-hydrogen) atoms. The third kappa shape index (κ3) is 21.2. The van der Waals surface area contributed by atoms with Gasteiger partial charge in [-0.3, -0.25) is 19.7 Å². The number of aromatic nitrogens is 7. The third-order valence-corrected chi connectivity index (χ3v) is 14.3. The first kappa shape index (κ1) is 69.9. The van der Waals surface area contributed by atoms with Gasteiger partial charge in [0.25, 0.3) is 0 Å². The zero-order chi connectivity index (χ0) is 64.0. The summed E-state index contributed by atoms with van der Waals surface area (Å²) in [4.78, 5) is 78.0. The quantitative estimate of drug-likeness (QED) is 0.126. The Morgan fingerprint density at radius 2 is 0.944 bits per heavy atom. The number of ether oxygens (including phenoxy) is 4. The zero-order valence-corrected chi connectivity index (χ0v) is 54.5. The van der Waals surface area contributed by atoms with Crippen LogP contribution in [-0.2, 0) is 77.7 Å². The second-order valence-corrected chi connectivity index (χ2v) is 26.5. The number of aldehydes is 1. The number of aliphatic hydroxyl groups is 1. The molecule has 0 spiro atoms. The average molecular weight is 1290 g/mol. The van der Waals surface area contributed by atoms with Crippen LogP contribution in [0.15, 0.2) is 133 Å². The molecule has 1 atom stereocenters. The summed E-state index contributed by atoms with van der Waals surface area (Å²) in [5.74, 6) is 0. The van der Waals surface area contributed by atoms with Crippen molar-refractivity contribution >= 4 is 46.6 Å². The Hall–Kier alpha value is -8.24. The van der Waals surface area contributed by atoms with Gasteiger partial charge in [-0.15, -0.1) is 0 Å². The Balaban J connectivity index is 0.000000183. The predicted molar refractivity (Wildman–Crippen MR) is 344 cm³/mol. The highest BCUT2D eigenvalue weighted by atomic mass is 79.9. The number of pyridine rings is 3. The molecular weight excluding hydrogens is 1200 g/mol. The number of rotatable bonds is 5. The summed E-state index contributed by atoms with van der Waals surface area (Å²) in [6.07, 6.45) is 12.5. The lowest BCUT2D eigenvalue weighted by Crippen LogP contribution is -2.41. The van der Waals surface area contributed by atoms with Crippen LogP contribution in [0.1, 0.15) is 152 Å². The fourth-order valence-electron chi connectivity index (χ4n) is 9.85. The van der Waals surface area contributed by atoms with Crippen LogP contribution in [0.4, 0.5) is 19.2 Å². The molecule has 1 unspecified atom stereocenters. The molecular formula is C67H90BrN11O10. The zero-order valence-electron chi connectivity index (χ0n) is 52.9. The molecule has 0 bridgehead atoms. The third-order valence-electron chi connectivity index (χ3n) is 13.8. The number of hydrogen-bond acceptors (Lipinski definition) is 13. The summed E-state index contributed by atoms with van der Waals surface area (Å²) < 4.78 is 31.1. The molecule has 0 saturated carbocycles. The van der Waals surface area contributed by atoms with Crippen LogP contribution in [0.5, 0.6) is 0 Å². The lowest BCUT2D eigenvalue weighted by atomic mass is 10.1. The molecule has 4 aliphatic heterocycles. The Morgan fingerprint density at radius 3 is 1.40 bits per heavy atom. The summed E-state index contributed by atoms with van der Waals surface area (Å²) in [6, 6.07) is 27.3. The van der Waals surface area contributed by atoms with Gasteiger partial charge in [0, 0.05) is 141 Å². The van der Waals surface area contributed by atoms with E-state index in [1.54, 1.807) is 56.7 Å². The van der Waals surface area contributed by atoms with Crippen molar-refractivity contribution in [3.63, 3.8) is 0 Å². The van der Waals surface area contributed by atoms with Gasteiger partial charge in [0.1, 0.15) is 28.5 Å². The largest absolute Gasteiger partial charge is 0.444 e. The molecule has 0 saturated heterocycles. The van der Waals surface area contributed by atoms with Gasteiger partial charge in [-0.1, -0.05) is 19.6 Å². The molecule has 7 aromatic heterocycles. The Bertz CT molecular complexity index is 3410. The van der Waals surface area contributed by atoms with Crippen LogP contribution in [-0.4, -0.2) is 137 Å². The minimum absolute atomic E-state index is 0. The van der Waals surface area contributed by atoms with Crippen LogP contribution in [0.25, 0.3) is 0 Å². The monoisotopic (exact) mass is 1290 g/mol. The fraction of sp³-hybridized carbons (Fsp3) is 0.463. The second kappa shape index (κ2) is 30.8. The SMILES string of the molecule is Brc1cccnc1.C.CC(C)(C)OC(=O)N1CCn2c(C=O)ccc2C1.CC(C)(C)OC(=O)N1CCn2c(Cc3cccnc3)ccc2C1.CC(C)(C)OC(=O)N1CCn2c(ccc2C(O)c2cccnc2)C1.CC(C)(C)OC(=O)N1CCn2cccc2C1. The second-order valence-electron chi connectivity index (χ2n) is 25.6. The van der Waals surface area contributed by atoms with E-state index in [9.17, 15) is 29.1 Å². The van der Waals surface area contributed by atoms with Gasteiger partial charge in [-0.25, -0.2) is 19.2 Å². The number of aliphatic hydroxyl groups excluding tert-OH is 1. The minimum Gasteiger partial charge on any atom is -0.444 e. The molecule has 22 heteroatoms. The maximum atomic E-state index is 12.2. The molecule has 11 heterocycles. The number of carbonyl (C=O) groups excluding carboxylic acids is 5. The molecule has 21 nitrogen and oxygen atoms in total. The fourth-order valence-corrected chi connectivity index (χ4v) is 10.1. The van der Waals surface area contributed by atoms with Crippen molar-refractivity contribution in [3.8, 4) is 0 Å². The predicted octanol–water partition coefficient (Wildman–Crippen LogP) is 12.7. The molecule has 11 rings (SSSR count). The highest BCUT2D eigenvalue weighted by Gasteiger charge is 2.31. The molecule has 7 aromatic rings. The summed E-state index contributed by atoms with van der Waals surface area (Å²) in [6.45, 7) is 30.1. The van der Waals surface area contributed by atoms with E-state index >= 15 is 0 Å². The molecule has 1 N–H and O–H groups in total. The summed E-state index contributed by atoms with van der Waals surface area (Å²) in [5.41, 5.74) is 7.11. The number of amides is 4. The summed E-state index contributed by atoms with van der Waals surface area (Å²) in [7, 11) is 0. The maximum absolute atomic E-state index is 12.2. The van der Waals surface area contributed by atoms with Gasteiger partial charge in [0.2, 0.25) is 0 Å². The van der Waals surface area contributed by atoms with Crippen LogP contribution < -0.4 is 0 Å². The average Bonchev–Trinajstić information content (AvgIpc) is 3.12. The van der Waals surface area contributed by atoms with Gasteiger partial charge in [-0.05, 0) is 177 Å². The van der Waals surface area contributed by atoms with Crippen molar-refractivity contribution in [3.05, 3.63) is 184 Å². The number of hydrogen-bond donors (Lipinski definition) is 1. The van der Waals surface area contributed by atoms with Crippen molar-refractivity contribution in [2.24, 2.45) is 0 Å². The summed E-state index contributed by atoms with van der Waals surface area (Å²) in [5, 5.41) is 10.6. The molecule has 4 aliphatic rings. The van der Waals surface area contributed by atoms with E-state index in [1.165, 1.54) is 11.3 Å². The van der Waals surface area contributed by atoms with Gasteiger partial charge in [0.05, 0.1) is 37.6 Å². The van der Waals surface area contributed by atoms with Crippen molar-refractivity contribution < 1.29 is 48.0 Å². The van der Waals surface area contributed by atoms with E-state index in [2.05, 4.69) is 62.8 Å². The Labute approximate surface area is 532 Å². The number of carbonyl (C=O) groups is 5. The maximum Gasteiger partial charge on any atom is 0.410 e. The van der Waals surface area contributed by atoms with Crippen molar-refractivity contribution in [2.45, 2.75) is 178 Å². The molecule has 0 aromatic carbocycles. The van der Waals surface area contributed by atoms with Crippen LogP contribution >= 0.6 is 15.9 Å². The van der Waals surface area contributed by atoms with E-state index in [1.807, 2.05) is 161 Å². The molecule has 0 aliphatic carbocycles. The van der Waals surface area contributed by atoms with Crippen LogP contribution in [0, 0.1) is 0 Å². The van der Waals surface area contributed by atoms with E-state index in [0.29, 0.717) is 64.6 Å². The first-order chi connectivity index (χ1) is 41.5. The normalized spacial score (nSPS) is 14.6. The lowest BCUT2D eigenvalue weighted by molar-refractivity contribution is 0.0187. The standard InChI is InChI=1S/C18H23N3O3.C18H23N3O2.C13H18N2O3.C12H18N2O2.C5H4BrN.CH4/c1-18(2,3)24-17(23)20-9-10-21-14(12-20)6-7-15(21)16(22)13-5-4-8-19-11-13;1-18(2,3)23-17(22)20-9-10-21-15(6-7-16(21)13-20)11-14-5-4-8-19-12-14;1-13(2,3)18-12(17)14-6-7-15-10(8-14)4-5-11(15)9-16;1-12(2,3)16-11(15)14-8-7-13-6-4-5-10(13)9-14;6-5-2-1-3-7-4-5;/h4-8,11,16,22H,9-10,12H2,1-3H3;4-8,12H,9-11,13H2,1-3H3;4-5,9H,6-8H2,1-3H3;4-6H,7-9H2,1-3H3;1-4H;1H4. The first-order valence-electron chi connectivity index (χ1n) is 29.6. The van der Waals surface area contributed by atoms with Crippen molar-refractivity contribution in [1.82, 2.24) is 52.8 Å². The van der Waals surface area contributed by atoms with E-state index < -0.39 is 28.5 Å². The van der Waals surface area contributed by atoms with Crippen LogP contribution in [0.2, 0.25) is 0 Å². The first-order valence-corrected chi connectivity index (χ1v) is 30.4. The Morgan fingerprint density at radius 1 is 0.506 bits per heavy atom. The molecule has 4 amide bonds. The van der Waals surface area contributed by atoms with Gasteiger partial charge < -0.3 is 61.9 Å². The van der Waals surface area contributed by atoms with Crippen molar-refractivity contribution in [1.29, 1.82) is 0 Å². The van der Waals surface area contributed by atoms with Gasteiger partial charge in [0.15, 0.2) is 6.29 Å². The minimum atomic E-state index is -0.722.